The fourth-order valence-electron chi connectivity index (χ4n) is 1.57. The molecule has 118 valence electrons. The van der Waals surface area contributed by atoms with Crippen LogP contribution in [0.25, 0.3) is 0 Å². The molecule has 0 unspecified atom stereocenters. The molecule has 21 heavy (non-hydrogen) atoms. The predicted molar refractivity (Wildman–Crippen MR) is 81.8 cm³/mol. The predicted octanol–water partition coefficient (Wildman–Crippen LogP) is 0.823. The molecule has 0 saturated carbocycles. The molecule has 0 spiro atoms. The highest BCUT2D eigenvalue weighted by Crippen LogP contribution is 2.14. The van der Waals surface area contributed by atoms with Crippen LogP contribution in [0.2, 0.25) is 5.02 Å². The number of aromatic nitrogens is 2. The number of nitrogens with zero attached hydrogens (tertiary/aromatic N) is 3. The van der Waals surface area contributed by atoms with Crippen molar-refractivity contribution in [2.75, 3.05) is 39.1 Å². The molecular weight excluding hydrogens is 296 g/mol. The van der Waals surface area contributed by atoms with Gasteiger partial charge in [-0.2, -0.15) is 5.10 Å². The second kappa shape index (κ2) is 8.63. The molecular formula is C13H21ClN4O3. The van der Waals surface area contributed by atoms with Gasteiger partial charge in [0.15, 0.2) is 0 Å². The van der Waals surface area contributed by atoms with Crippen LogP contribution in [-0.2, 0) is 16.1 Å². The minimum atomic E-state index is -0.348. The molecule has 1 heterocycles. The molecule has 0 radical (unpaired) electrons. The first-order valence-corrected chi connectivity index (χ1v) is 7.13. The Balaban J connectivity index is 2.63. The van der Waals surface area contributed by atoms with E-state index in [9.17, 15) is 9.59 Å². The fourth-order valence-corrected chi connectivity index (χ4v) is 1.79. The fraction of sp³-hybridized carbons (Fsp3) is 0.615. The lowest BCUT2D eigenvalue weighted by Gasteiger charge is -2.12. The Morgan fingerprint density at radius 1 is 1.52 bits per heavy atom. The average molecular weight is 317 g/mol. The lowest BCUT2D eigenvalue weighted by molar-refractivity contribution is -0.142. The maximum absolute atomic E-state index is 12.0. The summed E-state index contributed by atoms with van der Waals surface area (Å²) in [6.07, 6.45) is 1.69. The van der Waals surface area contributed by atoms with Gasteiger partial charge in [-0.05, 0) is 21.0 Å². The van der Waals surface area contributed by atoms with Crippen LogP contribution in [0.1, 0.15) is 13.3 Å². The van der Waals surface area contributed by atoms with Gasteiger partial charge in [0.1, 0.15) is 5.02 Å². The largest absolute Gasteiger partial charge is 0.466 e. The van der Waals surface area contributed by atoms with E-state index in [0.717, 1.165) is 0 Å². The van der Waals surface area contributed by atoms with Crippen LogP contribution in [0.5, 0.6) is 0 Å². The van der Waals surface area contributed by atoms with Gasteiger partial charge in [-0.3, -0.25) is 9.59 Å². The van der Waals surface area contributed by atoms with Crippen molar-refractivity contribution in [2.24, 2.45) is 0 Å². The Kier molecular flexibility index (Phi) is 7.18. The summed E-state index contributed by atoms with van der Waals surface area (Å²) in [5.41, 5.74) is 0.0757. The Morgan fingerprint density at radius 2 is 2.24 bits per heavy atom. The van der Waals surface area contributed by atoms with Crippen LogP contribution in [0.15, 0.2) is 11.0 Å². The Hall–Kier alpha value is -1.60. The van der Waals surface area contributed by atoms with E-state index in [0.29, 0.717) is 31.9 Å². The van der Waals surface area contributed by atoms with Crippen molar-refractivity contribution >= 4 is 23.3 Å². The normalized spacial score (nSPS) is 10.7. The second-order valence-electron chi connectivity index (χ2n) is 4.69. The van der Waals surface area contributed by atoms with Gasteiger partial charge in [0, 0.05) is 13.1 Å². The molecule has 1 aromatic heterocycles. The third kappa shape index (κ3) is 5.73. The van der Waals surface area contributed by atoms with E-state index >= 15 is 0 Å². The molecule has 0 atom stereocenters. The number of carbonyl (C=O) groups excluding carboxylic acids is 1. The summed E-state index contributed by atoms with van der Waals surface area (Å²) in [6.45, 7) is 3.59. The lowest BCUT2D eigenvalue weighted by atomic mass is 10.4. The zero-order valence-electron chi connectivity index (χ0n) is 12.6. The molecule has 7 nitrogen and oxygen atoms in total. The van der Waals surface area contributed by atoms with Gasteiger partial charge in [0.05, 0.1) is 31.5 Å². The monoisotopic (exact) mass is 316 g/mol. The van der Waals surface area contributed by atoms with Crippen LogP contribution in [0, 0.1) is 0 Å². The topological polar surface area (TPSA) is 76.5 Å². The van der Waals surface area contributed by atoms with E-state index in [1.807, 2.05) is 19.0 Å². The molecule has 0 aromatic carbocycles. The van der Waals surface area contributed by atoms with Gasteiger partial charge in [-0.15, -0.1) is 0 Å². The molecule has 0 fully saturated rings. The van der Waals surface area contributed by atoms with Gasteiger partial charge >= 0.3 is 5.97 Å². The van der Waals surface area contributed by atoms with Crippen molar-refractivity contribution in [3.63, 3.8) is 0 Å². The molecule has 1 rings (SSSR count). The van der Waals surface area contributed by atoms with Crippen LogP contribution in [0.4, 0.5) is 5.69 Å². The molecule has 0 amide bonds. The molecule has 8 heteroatoms. The van der Waals surface area contributed by atoms with Crippen LogP contribution in [-0.4, -0.2) is 54.4 Å². The average Bonchev–Trinajstić information content (AvgIpc) is 2.42. The number of ether oxygens (including phenoxy) is 1. The zero-order chi connectivity index (χ0) is 15.8. The van der Waals surface area contributed by atoms with Crippen molar-refractivity contribution in [1.29, 1.82) is 0 Å². The molecule has 0 aliphatic rings. The number of halogens is 1. The molecule has 0 saturated heterocycles. The summed E-state index contributed by atoms with van der Waals surface area (Å²) >= 11 is 6.02. The van der Waals surface area contributed by atoms with Gasteiger partial charge in [-0.1, -0.05) is 11.6 Å². The molecule has 1 N–H and O–H groups in total. The van der Waals surface area contributed by atoms with Crippen molar-refractivity contribution < 1.29 is 9.53 Å². The van der Waals surface area contributed by atoms with Crippen molar-refractivity contribution in [2.45, 2.75) is 19.9 Å². The highest BCUT2D eigenvalue weighted by atomic mass is 35.5. The Bertz CT molecular complexity index is 531. The number of anilines is 1. The number of nitrogens with one attached hydrogen (secondary N) is 1. The van der Waals surface area contributed by atoms with E-state index in [1.54, 1.807) is 6.92 Å². The van der Waals surface area contributed by atoms with Gasteiger partial charge < -0.3 is 15.0 Å². The van der Waals surface area contributed by atoms with E-state index in [-0.39, 0.29) is 23.0 Å². The van der Waals surface area contributed by atoms with E-state index in [1.165, 1.54) is 10.9 Å². The van der Waals surface area contributed by atoms with Crippen molar-refractivity contribution in [3.8, 4) is 0 Å². The third-order valence-corrected chi connectivity index (χ3v) is 3.06. The molecule has 0 aliphatic heterocycles. The van der Waals surface area contributed by atoms with E-state index in [2.05, 4.69) is 10.4 Å². The smallest absolute Gasteiger partial charge is 0.307 e. The number of esters is 1. The van der Waals surface area contributed by atoms with E-state index in [4.69, 9.17) is 16.3 Å². The summed E-state index contributed by atoms with van der Waals surface area (Å²) in [4.78, 5) is 25.2. The minimum Gasteiger partial charge on any atom is -0.466 e. The number of rotatable bonds is 8. The lowest BCUT2D eigenvalue weighted by Crippen LogP contribution is -2.29. The highest BCUT2D eigenvalue weighted by molar-refractivity contribution is 6.32. The highest BCUT2D eigenvalue weighted by Gasteiger charge is 2.10. The second-order valence-corrected chi connectivity index (χ2v) is 5.06. The number of hydrogen-bond donors (Lipinski definition) is 1. The third-order valence-electron chi connectivity index (χ3n) is 2.69. The van der Waals surface area contributed by atoms with Crippen LogP contribution in [0.3, 0.4) is 0 Å². The van der Waals surface area contributed by atoms with Gasteiger partial charge in [0.25, 0.3) is 5.56 Å². The Labute approximate surface area is 128 Å². The van der Waals surface area contributed by atoms with Crippen LogP contribution < -0.4 is 10.9 Å². The number of carbonyl (C=O) groups is 1. The maximum Gasteiger partial charge on any atom is 0.307 e. The summed E-state index contributed by atoms with van der Waals surface area (Å²) < 4.78 is 6.13. The SMILES string of the molecule is CCOC(=O)CCNc1cnn(CCN(C)C)c(=O)c1Cl. The van der Waals surface area contributed by atoms with E-state index < -0.39 is 0 Å². The first kappa shape index (κ1) is 17.5. The minimum absolute atomic E-state index is 0.0765. The Morgan fingerprint density at radius 3 is 2.86 bits per heavy atom. The van der Waals surface area contributed by atoms with Gasteiger partial charge in [0.2, 0.25) is 0 Å². The first-order chi connectivity index (χ1) is 9.95. The van der Waals surface area contributed by atoms with Crippen LogP contribution >= 0.6 is 11.6 Å². The molecule has 0 aliphatic carbocycles. The summed E-state index contributed by atoms with van der Waals surface area (Å²) in [6, 6.07) is 0. The maximum atomic E-state index is 12.0. The van der Waals surface area contributed by atoms with Crippen molar-refractivity contribution in [3.05, 3.63) is 21.6 Å². The summed E-state index contributed by atoms with van der Waals surface area (Å²) in [7, 11) is 3.83. The molecule has 1 aromatic rings. The van der Waals surface area contributed by atoms with Crippen molar-refractivity contribution in [1.82, 2.24) is 14.7 Å². The summed E-state index contributed by atoms with van der Waals surface area (Å²) in [5, 5.41) is 7.05. The van der Waals surface area contributed by atoms with Gasteiger partial charge in [-0.25, -0.2) is 4.68 Å². The summed E-state index contributed by atoms with van der Waals surface area (Å²) in [5.74, 6) is -0.298. The quantitative estimate of drug-likeness (QED) is 0.716. The zero-order valence-corrected chi connectivity index (χ0v) is 13.3. The first-order valence-electron chi connectivity index (χ1n) is 6.75. The number of hydrogen-bond acceptors (Lipinski definition) is 6. The molecule has 0 bridgehead atoms. The standard InChI is InChI=1S/C13H21ClN4O3/c1-4-21-11(19)5-6-15-10-9-16-18(8-7-17(2)3)13(20)12(10)14/h9,15H,4-8H2,1-3H3. The number of likely N-dealkylation sites (N-methyl/N-ethyl adjacent to an activating group) is 1.